The quantitative estimate of drug-likeness (QED) is 0.669. The molecule has 1 saturated carbocycles. The zero-order chi connectivity index (χ0) is 15.4. The number of anilines is 1. The third-order valence-electron chi connectivity index (χ3n) is 4.22. The first-order valence-electron chi connectivity index (χ1n) is 6.59. The number of carbonyl (C=O) groups is 3. The van der Waals surface area contributed by atoms with Crippen molar-refractivity contribution in [3.8, 4) is 0 Å². The Labute approximate surface area is 121 Å². The number of hydrogen-bond donors (Lipinski definition) is 1. The summed E-state index contributed by atoms with van der Waals surface area (Å²) in [6.45, 7) is 3.82. The van der Waals surface area contributed by atoms with Crippen LogP contribution in [0.15, 0.2) is 24.4 Å². The van der Waals surface area contributed by atoms with Crippen LogP contribution >= 0.6 is 0 Å². The summed E-state index contributed by atoms with van der Waals surface area (Å²) < 4.78 is 0. The summed E-state index contributed by atoms with van der Waals surface area (Å²) in [6, 6.07) is 3.14. The van der Waals surface area contributed by atoms with Crippen LogP contribution in [0.1, 0.15) is 19.4 Å². The maximum Gasteiger partial charge on any atom is 0.328 e. The second-order valence-electron chi connectivity index (χ2n) is 5.91. The first-order valence-corrected chi connectivity index (χ1v) is 6.59. The Hall–Kier alpha value is -2.50. The normalized spacial score (nSPS) is 26.3. The largest absolute Gasteiger partial charge is 0.478 e. The molecule has 6 nitrogen and oxygen atoms in total. The SMILES string of the molecule is CC1(C)C2C(=O)N(c3cc(/C=C/C(=O)O)ccn3)C(=O)C21. The van der Waals surface area contributed by atoms with Gasteiger partial charge in [-0.05, 0) is 29.2 Å². The molecule has 2 amide bonds. The maximum absolute atomic E-state index is 12.3. The van der Waals surface area contributed by atoms with E-state index in [4.69, 9.17) is 5.11 Å². The van der Waals surface area contributed by atoms with Crippen molar-refractivity contribution in [3.63, 3.8) is 0 Å². The van der Waals surface area contributed by atoms with Gasteiger partial charge in [0.2, 0.25) is 11.8 Å². The van der Waals surface area contributed by atoms with Crippen LogP contribution in [0.4, 0.5) is 5.82 Å². The lowest BCUT2D eigenvalue weighted by molar-refractivity contribution is -0.131. The number of pyridine rings is 1. The lowest BCUT2D eigenvalue weighted by Crippen LogP contribution is -2.36. The molecule has 2 aliphatic rings. The van der Waals surface area contributed by atoms with Gasteiger partial charge >= 0.3 is 5.97 Å². The number of carbonyl (C=O) groups excluding carboxylic acids is 2. The summed E-state index contributed by atoms with van der Waals surface area (Å²) in [4.78, 5) is 40.3. The van der Waals surface area contributed by atoms with Gasteiger partial charge in [0.15, 0.2) is 0 Å². The number of nitrogens with zero attached hydrogens (tertiary/aromatic N) is 2. The molecule has 2 heterocycles. The molecule has 2 unspecified atom stereocenters. The molecule has 0 radical (unpaired) electrons. The zero-order valence-corrected chi connectivity index (χ0v) is 11.6. The molecule has 1 N–H and O–H groups in total. The van der Waals surface area contributed by atoms with Gasteiger partial charge in [-0.25, -0.2) is 14.7 Å². The molecule has 2 fully saturated rings. The van der Waals surface area contributed by atoms with E-state index in [2.05, 4.69) is 4.98 Å². The molecule has 108 valence electrons. The molecule has 3 rings (SSSR count). The van der Waals surface area contributed by atoms with Crippen LogP contribution in [-0.2, 0) is 14.4 Å². The lowest BCUT2D eigenvalue weighted by Gasteiger charge is -2.19. The highest BCUT2D eigenvalue weighted by molar-refractivity contribution is 6.25. The van der Waals surface area contributed by atoms with Crippen molar-refractivity contribution >= 4 is 29.7 Å². The highest BCUT2D eigenvalue weighted by atomic mass is 16.4. The fraction of sp³-hybridized carbons (Fsp3) is 0.333. The number of aliphatic carboxylic acids is 1. The van der Waals surface area contributed by atoms with Gasteiger partial charge in [-0.2, -0.15) is 0 Å². The molecular formula is C15H14N2O4. The molecule has 0 spiro atoms. The van der Waals surface area contributed by atoms with E-state index in [0.717, 1.165) is 11.0 Å². The second kappa shape index (κ2) is 4.25. The van der Waals surface area contributed by atoms with Crippen LogP contribution in [0.25, 0.3) is 6.08 Å². The van der Waals surface area contributed by atoms with Crippen LogP contribution in [0.3, 0.4) is 0 Å². The number of imide groups is 1. The molecule has 6 heteroatoms. The fourth-order valence-electron chi connectivity index (χ4n) is 3.00. The van der Waals surface area contributed by atoms with Gasteiger partial charge in [0, 0.05) is 12.3 Å². The second-order valence-corrected chi connectivity index (χ2v) is 5.91. The minimum absolute atomic E-state index is 0.220. The number of aromatic nitrogens is 1. The molecule has 1 aromatic rings. The summed E-state index contributed by atoms with van der Waals surface area (Å²) >= 11 is 0. The van der Waals surface area contributed by atoms with E-state index in [0.29, 0.717) is 5.56 Å². The number of carboxylic acids is 1. The average Bonchev–Trinajstić information content (AvgIpc) is 2.87. The minimum Gasteiger partial charge on any atom is -0.478 e. The predicted molar refractivity (Wildman–Crippen MR) is 74.2 cm³/mol. The zero-order valence-electron chi connectivity index (χ0n) is 11.6. The smallest absolute Gasteiger partial charge is 0.328 e. The molecule has 1 aromatic heterocycles. The van der Waals surface area contributed by atoms with Crippen LogP contribution in [-0.4, -0.2) is 27.9 Å². The van der Waals surface area contributed by atoms with E-state index in [1.54, 1.807) is 6.07 Å². The fourth-order valence-corrected chi connectivity index (χ4v) is 3.00. The Bertz CT molecular complexity index is 669. The van der Waals surface area contributed by atoms with Crippen LogP contribution in [0, 0.1) is 17.3 Å². The standard InChI is InChI=1S/C15H14N2O4/c1-15(2)11-12(15)14(21)17(13(11)20)9-7-8(5-6-16-9)3-4-10(18)19/h3-7,11-12H,1-2H3,(H,18,19)/b4-3+. The van der Waals surface area contributed by atoms with E-state index < -0.39 is 5.97 Å². The first-order chi connectivity index (χ1) is 9.84. The molecule has 1 aliphatic carbocycles. The number of hydrogen-bond acceptors (Lipinski definition) is 4. The molecule has 21 heavy (non-hydrogen) atoms. The Kier molecular flexibility index (Phi) is 2.73. The monoisotopic (exact) mass is 286 g/mol. The molecule has 0 bridgehead atoms. The van der Waals surface area contributed by atoms with Crippen molar-refractivity contribution in [2.45, 2.75) is 13.8 Å². The van der Waals surface area contributed by atoms with Crippen LogP contribution in [0.2, 0.25) is 0 Å². The van der Waals surface area contributed by atoms with Crippen molar-refractivity contribution in [1.82, 2.24) is 4.98 Å². The molecular weight excluding hydrogens is 272 g/mol. The van der Waals surface area contributed by atoms with E-state index in [1.165, 1.54) is 18.3 Å². The topological polar surface area (TPSA) is 87.6 Å². The molecule has 2 atom stereocenters. The van der Waals surface area contributed by atoms with Crippen molar-refractivity contribution in [2.24, 2.45) is 17.3 Å². The highest BCUT2D eigenvalue weighted by Crippen LogP contribution is 2.63. The molecule has 1 saturated heterocycles. The number of carboxylic acid groups (broad SMARTS) is 1. The van der Waals surface area contributed by atoms with Crippen molar-refractivity contribution in [1.29, 1.82) is 0 Å². The summed E-state index contributed by atoms with van der Waals surface area (Å²) in [6.07, 6.45) is 3.84. The Morgan fingerprint density at radius 3 is 2.52 bits per heavy atom. The van der Waals surface area contributed by atoms with E-state index >= 15 is 0 Å². The summed E-state index contributed by atoms with van der Waals surface area (Å²) in [7, 11) is 0. The number of rotatable bonds is 3. The highest BCUT2D eigenvalue weighted by Gasteiger charge is 2.72. The summed E-state index contributed by atoms with van der Waals surface area (Å²) in [5.74, 6) is -1.77. The average molecular weight is 286 g/mol. The van der Waals surface area contributed by atoms with Gasteiger partial charge in [0.1, 0.15) is 5.82 Å². The van der Waals surface area contributed by atoms with Gasteiger partial charge in [0.05, 0.1) is 11.8 Å². The van der Waals surface area contributed by atoms with Gasteiger partial charge in [0.25, 0.3) is 0 Å². The van der Waals surface area contributed by atoms with Gasteiger partial charge in [-0.3, -0.25) is 9.59 Å². The van der Waals surface area contributed by atoms with Crippen molar-refractivity contribution < 1.29 is 19.5 Å². The van der Waals surface area contributed by atoms with Crippen LogP contribution < -0.4 is 4.90 Å². The summed E-state index contributed by atoms with van der Waals surface area (Å²) in [5, 5.41) is 8.62. The van der Waals surface area contributed by atoms with E-state index in [1.807, 2.05) is 13.8 Å². The van der Waals surface area contributed by atoms with Crippen molar-refractivity contribution in [3.05, 3.63) is 30.0 Å². The summed E-state index contributed by atoms with van der Waals surface area (Å²) in [5.41, 5.74) is 0.314. The predicted octanol–water partition coefficient (Wildman–Crippen LogP) is 1.32. The Morgan fingerprint density at radius 1 is 1.33 bits per heavy atom. The van der Waals surface area contributed by atoms with Gasteiger partial charge in [-0.15, -0.1) is 0 Å². The van der Waals surface area contributed by atoms with E-state index in [9.17, 15) is 14.4 Å². The number of piperidine rings is 1. The minimum atomic E-state index is -1.07. The lowest BCUT2D eigenvalue weighted by atomic mass is 10.1. The first kappa shape index (κ1) is 13.5. The number of fused-ring (bicyclic) bond motifs is 1. The van der Waals surface area contributed by atoms with E-state index in [-0.39, 0.29) is 34.9 Å². The Morgan fingerprint density at radius 2 is 1.95 bits per heavy atom. The third-order valence-corrected chi connectivity index (χ3v) is 4.22. The third kappa shape index (κ3) is 1.94. The van der Waals surface area contributed by atoms with Crippen molar-refractivity contribution in [2.75, 3.05) is 4.90 Å². The Balaban J connectivity index is 1.89. The maximum atomic E-state index is 12.3. The van der Waals surface area contributed by atoms with Gasteiger partial charge < -0.3 is 5.11 Å². The molecule has 0 aromatic carbocycles. The molecule has 1 aliphatic heterocycles. The number of amides is 2. The van der Waals surface area contributed by atoms with Crippen LogP contribution in [0.5, 0.6) is 0 Å². The van der Waals surface area contributed by atoms with Gasteiger partial charge in [-0.1, -0.05) is 13.8 Å².